The topological polar surface area (TPSA) is 21.3 Å². The van der Waals surface area contributed by atoms with Crippen molar-refractivity contribution in [3.05, 3.63) is 98.2 Å². The van der Waals surface area contributed by atoms with Gasteiger partial charge in [-0.2, -0.15) is 0 Å². The lowest BCUT2D eigenvalue weighted by Gasteiger charge is -2.15. The van der Waals surface area contributed by atoms with Gasteiger partial charge in [0.2, 0.25) is 0 Å². The molecule has 0 aliphatic carbocycles. The van der Waals surface area contributed by atoms with Gasteiger partial charge in [0.15, 0.2) is 0 Å². The van der Waals surface area contributed by atoms with Crippen LogP contribution in [0.1, 0.15) is 16.0 Å². The molecule has 4 aromatic rings. The van der Waals surface area contributed by atoms with Crippen molar-refractivity contribution in [1.29, 1.82) is 0 Å². The maximum atomic E-state index is 6.30. The number of ether oxygens (including phenoxy) is 1. The Kier molecular flexibility index (Phi) is 7.82. The summed E-state index contributed by atoms with van der Waals surface area (Å²) in [6.45, 7) is 1.96. The second-order valence-corrected chi connectivity index (χ2v) is 8.35. The van der Waals surface area contributed by atoms with Gasteiger partial charge in [-0.15, -0.1) is 23.7 Å². The Bertz CT molecular complexity index is 1080. The third-order valence-electron chi connectivity index (χ3n) is 4.58. The van der Waals surface area contributed by atoms with E-state index in [2.05, 4.69) is 53.2 Å². The number of hydrogen-bond acceptors (Lipinski definition) is 3. The normalized spacial score (nSPS) is 10.7. The smallest absolute Gasteiger partial charge is 0.124 e. The minimum atomic E-state index is 0. The van der Waals surface area contributed by atoms with Crippen molar-refractivity contribution in [2.75, 3.05) is 0 Å². The van der Waals surface area contributed by atoms with E-state index in [1.54, 1.807) is 17.4 Å². The van der Waals surface area contributed by atoms with Gasteiger partial charge < -0.3 is 10.1 Å². The van der Waals surface area contributed by atoms with Gasteiger partial charge in [-0.3, -0.25) is 0 Å². The molecule has 29 heavy (non-hydrogen) atoms. The van der Waals surface area contributed by atoms with Crippen LogP contribution in [0.15, 0.2) is 72.1 Å². The Morgan fingerprint density at radius 3 is 2.55 bits per heavy atom. The van der Waals surface area contributed by atoms with E-state index in [0.29, 0.717) is 16.7 Å². The molecule has 0 bridgehead atoms. The minimum Gasteiger partial charge on any atom is -0.488 e. The first-order valence-electron chi connectivity index (χ1n) is 9.01. The van der Waals surface area contributed by atoms with Crippen LogP contribution in [0.3, 0.4) is 0 Å². The monoisotopic (exact) mass is 463 g/mol. The lowest BCUT2D eigenvalue weighted by molar-refractivity contribution is 0.303. The summed E-state index contributed by atoms with van der Waals surface area (Å²) in [5.74, 6) is 0.864. The zero-order chi connectivity index (χ0) is 19.3. The molecule has 3 aromatic carbocycles. The number of thiophene rings is 1. The lowest BCUT2D eigenvalue weighted by Crippen LogP contribution is -2.13. The van der Waals surface area contributed by atoms with Crippen LogP contribution in [-0.2, 0) is 19.7 Å². The van der Waals surface area contributed by atoms with Crippen molar-refractivity contribution in [3.8, 4) is 5.75 Å². The van der Waals surface area contributed by atoms with E-state index in [4.69, 9.17) is 27.9 Å². The zero-order valence-electron chi connectivity index (χ0n) is 15.5. The Balaban J connectivity index is 0.00000240. The number of hydrogen-bond donors (Lipinski definition) is 1. The Morgan fingerprint density at radius 1 is 0.897 bits per heavy atom. The third kappa shape index (κ3) is 5.44. The summed E-state index contributed by atoms with van der Waals surface area (Å²) in [7, 11) is 0. The van der Waals surface area contributed by atoms with Gasteiger partial charge in [-0.1, -0.05) is 65.7 Å². The maximum absolute atomic E-state index is 6.30. The first-order valence-corrected chi connectivity index (χ1v) is 10.6. The predicted octanol–water partition coefficient (Wildman–Crippen LogP) is 7.50. The van der Waals surface area contributed by atoms with Crippen molar-refractivity contribution >= 4 is 57.7 Å². The predicted molar refractivity (Wildman–Crippen MR) is 127 cm³/mol. The highest BCUT2D eigenvalue weighted by molar-refractivity contribution is 7.09. The van der Waals surface area contributed by atoms with Crippen molar-refractivity contribution < 1.29 is 4.74 Å². The summed E-state index contributed by atoms with van der Waals surface area (Å²) in [5, 5.41) is 9.27. The van der Waals surface area contributed by atoms with Crippen LogP contribution in [-0.4, -0.2) is 0 Å². The molecule has 0 fully saturated rings. The van der Waals surface area contributed by atoms with Crippen LogP contribution in [0, 0.1) is 0 Å². The summed E-state index contributed by atoms with van der Waals surface area (Å²) < 4.78 is 6.17. The molecule has 1 N–H and O–H groups in total. The first-order chi connectivity index (χ1) is 13.7. The molecule has 1 heterocycles. The number of nitrogens with one attached hydrogen (secondary N) is 1. The molecule has 0 unspecified atom stereocenters. The maximum Gasteiger partial charge on any atom is 0.124 e. The fraction of sp³-hybridized carbons (Fsp3) is 0.130. The van der Waals surface area contributed by atoms with Crippen LogP contribution in [0.25, 0.3) is 10.8 Å². The number of rotatable bonds is 7. The molecule has 2 nitrogen and oxygen atoms in total. The van der Waals surface area contributed by atoms with Gasteiger partial charge >= 0.3 is 0 Å². The van der Waals surface area contributed by atoms with E-state index in [1.165, 1.54) is 15.6 Å². The van der Waals surface area contributed by atoms with E-state index in [1.807, 2.05) is 18.2 Å². The molecular weight excluding hydrogens is 445 g/mol. The van der Waals surface area contributed by atoms with Crippen molar-refractivity contribution in [3.63, 3.8) is 0 Å². The quantitative estimate of drug-likeness (QED) is 0.306. The van der Waals surface area contributed by atoms with E-state index >= 15 is 0 Å². The summed E-state index contributed by atoms with van der Waals surface area (Å²) in [4.78, 5) is 1.32. The van der Waals surface area contributed by atoms with Crippen molar-refractivity contribution in [2.45, 2.75) is 19.7 Å². The van der Waals surface area contributed by atoms with Crippen molar-refractivity contribution in [2.24, 2.45) is 0 Å². The van der Waals surface area contributed by atoms with Gasteiger partial charge in [0.05, 0.1) is 0 Å². The molecule has 0 atom stereocenters. The Labute approximate surface area is 190 Å². The molecule has 0 aliphatic rings. The van der Waals surface area contributed by atoms with Crippen LogP contribution in [0.2, 0.25) is 10.0 Å². The second-order valence-electron chi connectivity index (χ2n) is 6.47. The SMILES string of the molecule is Cl.Clc1ccc(COc2ccc3ccccc3c2CNCc2cccs2)c(Cl)c1. The van der Waals surface area contributed by atoms with Crippen molar-refractivity contribution in [1.82, 2.24) is 5.32 Å². The molecule has 150 valence electrons. The van der Waals surface area contributed by atoms with E-state index < -0.39 is 0 Å². The summed E-state index contributed by atoms with van der Waals surface area (Å²) in [6, 6.07) is 22.2. The number of fused-ring (bicyclic) bond motifs is 1. The largest absolute Gasteiger partial charge is 0.488 e. The van der Waals surface area contributed by atoms with Crippen LogP contribution in [0.4, 0.5) is 0 Å². The molecule has 6 heteroatoms. The van der Waals surface area contributed by atoms with Gasteiger partial charge in [-0.25, -0.2) is 0 Å². The summed E-state index contributed by atoms with van der Waals surface area (Å²) in [6.07, 6.45) is 0. The highest BCUT2D eigenvalue weighted by Crippen LogP contribution is 2.30. The molecule has 0 aliphatic heterocycles. The summed E-state index contributed by atoms with van der Waals surface area (Å²) in [5.41, 5.74) is 2.07. The second kappa shape index (κ2) is 10.3. The molecule has 1 aromatic heterocycles. The first kappa shape index (κ1) is 21.9. The highest BCUT2D eigenvalue weighted by Gasteiger charge is 2.10. The van der Waals surface area contributed by atoms with E-state index in [-0.39, 0.29) is 12.4 Å². The van der Waals surface area contributed by atoms with Gasteiger partial charge in [0.25, 0.3) is 0 Å². The van der Waals surface area contributed by atoms with Gasteiger partial charge in [-0.05, 0) is 40.4 Å². The van der Waals surface area contributed by atoms with Crippen LogP contribution >= 0.6 is 46.9 Å². The van der Waals surface area contributed by atoms with E-state index in [9.17, 15) is 0 Å². The van der Waals surface area contributed by atoms with Crippen LogP contribution < -0.4 is 10.1 Å². The van der Waals surface area contributed by atoms with Gasteiger partial charge in [0, 0.05) is 39.1 Å². The minimum absolute atomic E-state index is 0. The zero-order valence-corrected chi connectivity index (χ0v) is 18.7. The highest BCUT2D eigenvalue weighted by atomic mass is 35.5. The molecule has 0 saturated heterocycles. The molecule has 0 radical (unpaired) electrons. The standard InChI is InChI=1S/C23H19Cl2NOS.ClH/c24-18-9-7-17(22(25)12-18)15-27-23-10-8-16-4-1-2-6-20(16)21(23)14-26-13-19-5-3-11-28-19;/h1-12,26H,13-15H2;1H. The lowest BCUT2D eigenvalue weighted by atomic mass is 10.0. The van der Waals surface area contributed by atoms with Gasteiger partial charge in [0.1, 0.15) is 12.4 Å². The molecule has 4 rings (SSSR count). The van der Waals surface area contributed by atoms with E-state index in [0.717, 1.165) is 30.0 Å². The fourth-order valence-electron chi connectivity index (χ4n) is 3.15. The summed E-state index contributed by atoms with van der Waals surface area (Å²) >= 11 is 14.0. The molecular formula is C23H20Cl3NOS. The Morgan fingerprint density at radius 2 is 1.76 bits per heavy atom. The number of benzene rings is 3. The van der Waals surface area contributed by atoms with Crippen LogP contribution in [0.5, 0.6) is 5.75 Å². The average Bonchev–Trinajstić information content (AvgIpc) is 3.21. The molecule has 0 amide bonds. The average molecular weight is 465 g/mol. The fourth-order valence-corrected chi connectivity index (χ4v) is 4.29. The third-order valence-corrected chi connectivity index (χ3v) is 6.04. The number of halogens is 3. The molecule has 0 saturated carbocycles. The Hall–Kier alpha value is -1.75. The molecule has 0 spiro atoms.